The summed E-state index contributed by atoms with van der Waals surface area (Å²) in [4.78, 5) is 13.3. The molecule has 1 aliphatic rings. The predicted molar refractivity (Wildman–Crippen MR) is 79.8 cm³/mol. The van der Waals surface area contributed by atoms with Gasteiger partial charge in [0.15, 0.2) is 0 Å². The number of hydrogen-bond donors (Lipinski definition) is 3. The third-order valence-corrected chi connectivity index (χ3v) is 4.72. The fourth-order valence-electron chi connectivity index (χ4n) is 2.81. The van der Waals surface area contributed by atoms with Crippen LogP contribution < -0.4 is 10.6 Å². The Morgan fingerprint density at radius 3 is 2.95 bits per heavy atom. The van der Waals surface area contributed by atoms with Crippen molar-refractivity contribution in [2.24, 2.45) is 5.92 Å². The predicted octanol–water partition coefficient (Wildman–Crippen LogP) is 3.52. The van der Waals surface area contributed by atoms with Gasteiger partial charge in [0.25, 0.3) is 0 Å². The van der Waals surface area contributed by atoms with Crippen molar-refractivity contribution in [2.45, 2.75) is 31.7 Å². The number of H-pyrrole nitrogens is 1. The maximum atomic E-state index is 12.1. The van der Waals surface area contributed by atoms with E-state index in [1.165, 1.54) is 30.6 Å². The number of nitrogens with zero attached hydrogens (tertiary/aromatic N) is 1. The van der Waals surface area contributed by atoms with Crippen LogP contribution in [0.4, 0.5) is 10.5 Å². The molecule has 2 heterocycles. The Balaban J connectivity index is 1.68. The summed E-state index contributed by atoms with van der Waals surface area (Å²) in [6, 6.07) is 4.09. The number of carbonyl (C=O) groups is 1. The average Bonchev–Trinajstić information content (AvgIpc) is 3.18. The van der Waals surface area contributed by atoms with E-state index in [1.807, 2.05) is 6.07 Å². The second kappa shape index (κ2) is 6.09. The van der Waals surface area contributed by atoms with E-state index in [0.717, 1.165) is 0 Å². The Hall–Kier alpha value is -1.82. The highest BCUT2D eigenvalue weighted by Crippen LogP contribution is 2.37. The van der Waals surface area contributed by atoms with E-state index in [1.54, 1.807) is 23.7 Å². The van der Waals surface area contributed by atoms with Gasteiger partial charge in [-0.25, -0.2) is 4.79 Å². The molecule has 3 rings (SSSR count). The second-order valence-corrected chi connectivity index (χ2v) is 6.10. The van der Waals surface area contributed by atoms with Gasteiger partial charge >= 0.3 is 6.03 Å². The molecule has 0 saturated heterocycles. The topological polar surface area (TPSA) is 69.8 Å². The van der Waals surface area contributed by atoms with Crippen LogP contribution in [0.5, 0.6) is 0 Å². The smallest absolute Gasteiger partial charge is 0.319 e. The van der Waals surface area contributed by atoms with Gasteiger partial charge in [0.1, 0.15) is 0 Å². The maximum absolute atomic E-state index is 12.1. The van der Waals surface area contributed by atoms with Crippen LogP contribution in [0.3, 0.4) is 0 Å². The standard InChI is InChI=1S/C14H18N4OS/c19-14(17-11-8-15-16-9-11)18-13(10-4-1-2-5-10)12-6-3-7-20-12/h3,6-10,13H,1-2,4-5H2,(H,15,16)(H2,17,18,19)/t13-/m0/s1. The molecule has 20 heavy (non-hydrogen) atoms. The average molecular weight is 290 g/mol. The molecule has 1 aliphatic carbocycles. The molecule has 5 nitrogen and oxygen atoms in total. The number of amides is 2. The van der Waals surface area contributed by atoms with Crippen molar-refractivity contribution in [1.29, 1.82) is 0 Å². The van der Waals surface area contributed by atoms with E-state index in [0.29, 0.717) is 11.6 Å². The molecule has 0 aromatic carbocycles. The first-order valence-corrected chi connectivity index (χ1v) is 7.80. The highest BCUT2D eigenvalue weighted by molar-refractivity contribution is 7.10. The zero-order chi connectivity index (χ0) is 13.8. The maximum Gasteiger partial charge on any atom is 0.319 e. The summed E-state index contributed by atoms with van der Waals surface area (Å²) in [5, 5.41) is 14.5. The monoisotopic (exact) mass is 290 g/mol. The van der Waals surface area contributed by atoms with E-state index < -0.39 is 0 Å². The summed E-state index contributed by atoms with van der Waals surface area (Å²) >= 11 is 1.71. The van der Waals surface area contributed by atoms with Gasteiger partial charge in [-0.2, -0.15) is 5.10 Å². The third kappa shape index (κ3) is 3.01. The molecule has 0 spiro atoms. The van der Waals surface area contributed by atoms with Gasteiger partial charge in [-0.1, -0.05) is 18.9 Å². The van der Waals surface area contributed by atoms with Crippen molar-refractivity contribution in [3.63, 3.8) is 0 Å². The number of urea groups is 1. The first-order valence-electron chi connectivity index (χ1n) is 6.92. The van der Waals surface area contributed by atoms with Crippen LogP contribution >= 0.6 is 11.3 Å². The van der Waals surface area contributed by atoms with Crippen molar-refractivity contribution in [2.75, 3.05) is 5.32 Å². The van der Waals surface area contributed by atoms with Gasteiger partial charge in [0, 0.05) is 11.1 Å². The lowest BCUT2D eigenvalue weighted by Gasteiger charge is -2.23. The van der Waals surface area contributed by atoms with E-state index in [-0.39, 0.29) is 12.1 Å². The zero-order valence-corrected chi connectivity index (χ0v) is 12.0. The van der Waals surface area contributed by atoms with Gasteiger partial charge in [-0.05, 0) is 30.2 Å². The number of anilines is 1. The summed E-state index contributed by atoms with van der Waals surface area (Å²) in [5.41, 5.74) is 0.679. The van der Waals surface area contributed by atoms with Gasteiger partial charge in [-0.3, -0.25) is 5.10 Å². The minimum atomic E-state index is -0.170. The lowest BCUT2D eigenvalue weighted by Crippen LogP contribution is -2.35. The molecule has 0 radical (unpaired) electrons. The van der Waals surface area contributed by atoms with E-state index in [4.69, 9.17) is 0 Å². The number of nitrogens with one attached hydrogen (secondary N) is 3. The third-order valence-electron chi connectivity index (χ3n) is 3.76. The Kier molecular flexibility index (Phi) is 4.01. The largest absolute Gasteiger partial charge is 0.330 e. The Bertz CT molecular complexity index is 532. The number of aromatic nitrogens is 2. The normalized spacial score (nSPS) is 17.0. The fourth-order valence-corrected chi connectivity index (χ4v) is 3.68. The van der Waals surface area contributed by atoms with E-state index in [2.05, 4.69) is 32.3 Å². The fraction of sp³-hybridized carbons (Fsp3) is 0.429. The molecular weight excluding hydrogens is 272 g/mol. The van der Waals surface area contributed by atoms with Crippen LogP contribution in [0.25, 0.3) is 0 Å². The summed E-state index contributed by atoms with van der Waals surface area (Å²) in [6.07, 6.45) is 8.16. The summed E-state index contributed by atoms with van der Waals surface area (Å²) in [5.74, 6) is 0.545. The van der Waals surface area contributed by atoms with Gasteiger partial charge in [0.2, 0.25) is 0 Å². The van der Waals surface area contributed by atoms with Crippen molar-refractivity contribution in [1.82, 2.24) is 15.5 Å². The molecule has 2 aromatic heterocycles. The molecule has 1 saturated carbocycles. The first kappa shape index (κ1) is 13.2. The quantitative estimate of drug-likeness (QED) is 0.806. The molecule has 0 bridgehead atoms. The van der Waals surface area contributed by atoms with Crippen LogP contribution in [-0.2, 0) is 0 Å². The molecule has 1 atom stereocenters. The Morgan fingerprint density at radius 1 is 1.45 bits per heavy atom. The summed E-state index contributed by atoms with van der Waals surface area (Å²) < 4.78 is 0. The molecule has 1 fully saturated rings. The zero-order valence-electron chi connectivity index (χ0n) is 11.1. The van der Waals surface area contributed by atoms with Crippen LogP contribution in [0, 0.1) is 5.92 Å². The molecule has 6 heteroatoms. The second-order valence-electron chi connectivity index (χ2n) is 5.12. The Labute approximate surface area is 121 Å². The highest BCUT2D eigenvalue weighted by atomic mass is 32.1. The number of rotatable bonds is 4. The lowest BCUT2D eigenvalue weighted by atomic mass is 9.97. The van der Waals surface area contributed by atoms with E-state index in [9.17, 15) is 4.79 Å². The van der Waals surface area contributed by atoms with Crippen LogP contribution in [0.2, 0.25) is 0 Å². The van der Waals surface area contributed by atoms with Crippen LogP contribution in [-0.4, -0.2) is 16.2 Å². The minimum Gasteiger partial charge on any atom is -0.330 e. The first-order chi connectivity index (χ1) is 9.83. The number of hydrogen-bond acceptors (Lipinski definition) is 3. The summed E-state index contributed by atoms with van der Waals surface area (Å²) in [6.45, 7) is 0. The summed E-state index contributed by atoms with van der Waals surface area (Å²) in [7, 11) is 0. The molecule has 0 unspecified atom stereocenters. The van der Waals surface area contributed by atoms with Crippen molar-refractivity contribution in [3.8, 4) is 0 Å². The Morgan fingerprint density at radius 2 is 2.30 bits per heavy atom. The minimum absolute atomic E-state index is 0.115. The number of thiophene rings is 1. The van der Waals surface area contributed by atoms with Gasteiger partial charge < -0.3 is 10.6 Å². The van der Waals surface area contributed by atoms with Gasteiger partial charge in [0.05, 0.1) is 17.9 Å². The van der Waals surface area contributed by atoms with E-state index >= 15 is 0 Å². The molecular formula is C14H18N4OS. The van der Waals surface area contributed by atoms with Crippen molar-refractivity contribution < 1.29 is 4.79 Å². The number of aromatic amines is 1. The van der Waals surface area contributed by atoms with Crippen LogP contribution in [0.15, 0.2) is 29.9 Å². The molecule has 2 amide bonds. The lowest BCUT2D eigenvalue weighted by molar-refractivity contribution is 0.243. The number of carbonyl (C=O) groups excluding carboxylic acids is 1. The highest BCUT2D eigenvalue weighted by Gasteiger charge is 2.28. The van der Waals surface area contributed by atoms with Crippen molar-refractivity contribution in [3.05, 3.63) is 34.8 Å². The molecule has 2 aromatic rings. The molecule has 106 valence electrons. The molecule has 3 N–H and O–H groups in total. The SMILES string of the molecule is O=C(Nc1cn[nH]c1)N[C@H](c1cccs1)C1CCCC1. The molecule has 0 aliphatic heterocycles. The van der Waals surface area contributed by atoms with Crippen LogP contribution in [0.1, 0.15) is 36.6 Å². The van der Waals surface area contributed by atoms with Gasteiger partial charge in [-0.15, -0.1) is 11.3 Å². The van der Waals surface area contributed by atoms with Crippen molar-refractivity contribution >= 4 is 23.1 Å².